The van der Waals surface area contributed by atoms with Gasteiger partial charge in [-0.25, -0.2) is 37.5 Å². The van der Waals surface area contributed by atoms with E-state index in [-0.39, 0.29) is 29.0 Å². The molecule has 376 valence electrons. The molecule has 0 spiro atoms. The van der Waals surface area contributed by atoms with E-state index in [1.165, 1.54) is 53.0 Å². The van der Waals surface area contributed by atoms with E-state index in [0.29, 0.717) is 64.3 Å². The Balaban J connectivity index is 0.000000170. The lowest BCUT2D eigenvalue weighted by Gasteiger charge is -2.39. The van der Waals surface area contributed by atoms with Gasteiger partial charge in [0.25, 0.3) is 0 Å². The Hall–Kier alpha value is -6.65. The third-order valence-electron chi connectivity index (χ3n) is 13.3. The van der Waals surface area contributed by atoms with Gasteiger partial charge in [-0.3, -0.25) is 18.5 Å². The number of pyridine rings is 2. The minimum atomic E-state index is -0.404. The Kier molecular flexibility index (Phi) is 14.2. The summed E-state index contributed by atoms with van der Waals surface area (Å²) >= 11 is 2.94. The Bertz CT molecular complexity index is 3190. The van der Waals surface area contributed by atoms with Gasteiger partial charge >= 0.3 is 0 Å². The molecule has 0 unspecified atom stereocenters. The van der Waals surface area contributed by atoms with Crippen molar-refractivity contribution < 1.29 is 27.5 Å². The number of likely N-dealkylation sites (tertiary alicyclic amines) is 1. The number of aromatic nitrogens is 6. The Labute approximate surface area is 422 Å². The summed E-state index contributed by atoms with van der Waals surface area (Å²) in [5, 5.41) is 18.1. The van der Waals surface area contributed by atoms with E-state index in [1.54, 1.807) is 39.6 Å². The third-order valence-corrected chi connectivity index (χ3v) is 15.2. The predicted molar refractivity (Wildman–Crippen MR) is 277 cm³/mol. The van der Waals surface area contributed by atoms with E-state index < -0.39 is 11.9 Å². The zero-order valence-corrected chi connectivity index (χ0v) is 42.0. The molecule has 0 saturated carbocycles. The molecule has 21 heteroatoms. The van der Waals surface area contributed by atoms with Gasteiger partial charge in [0, 0.05) is 126 Å². The molecule has 3 saturated heterocycles. The van der Waals surface area contributed by atoms with Crippen LogP contribution in [0.25, 0.3) is 33.8 Å². The number of fused-ring (bicyclic) bond motifs is 2. The van der Waals surface area contributed by atoms with Crippen molar-refractivity contribution in [1.82, 2.24) is 43.9 Å². The highest BCUT2D eigenvalue weighted by Gasteiger charge is 2.31. The van der Waals surface area contributed by atoms with Crippen LogP contribution in [0.4, 0.5) is 50.8 Å². The predicted octanol–water partition coefficient (Wildman–Crippen LogP) is 7.87. The first-order valence-electron chi connectivity index (χ1n) is 24.1. The molecule has 3 aliphatic heterocycles. The monoisotopic (exact) mass is 1020 g/mol. The molecule has 72 heavy (non-hydrogen) atoms. The van der Waals surface area contributed by atoms with Gasteiger partial charge in [0.05, 0.1) is 46.8 Å². The Morgan fingerprint density at radius 1 is 0.667 bits per heavy atom. The number of hydrogen-bond acceptors (Lipinski definition) is 14. The highest BCUT2D eigenvalue weighted by atomic mass is 32.1. The summed E-state index contributed by atoms with van der Waals surface area (Å²) in [5.74, 6) is 0.289. The lowest BCUT2D eigenvalue weighted by molar-refractivity contribution is -0.142. The molecule has 0 radical (unpaired) electrons. The molecule has 2 N–H and O–H groups in total. The highest BCUT2D eigenvalue weighted by molar-refractivity contribution is 7.14. The largest absolute Gasteiger partial charge is 0.389 e. The minimum Gasteiger partial charge on any atom is -0.389 e. The number of rotatable bonds is 12. The summed E-state index contributed by atoms with van der Waals surface area (Å²) < 4.78 is 60.8. The molecule has 0 atom stereocenters. The maximum Gasteiger partial charge on any atom is 0.236 e. The number of aliphatic hydroxyl groups is 1. The van der Waals surface area contributed by atoms with Crippen LogP contribution in [0.3, 0.4) is 0 Å². The van der Waals surface area contributed by atoms with E-state index in [0.717, 1.165) is 93.4 Å². The molecule has 3 aliphatic rings. The van der Waals surface area contributed by atoms with Crippen molar-refractivity contribution in [3.8, 4) is 22.5 Å². The number of amides is 1. The van der Waals surface area contributed by atoms with Gasteiger partial charge in [-0.2, -0.15) is 0 Å². The summed E-state index contributed by atoms with van der Waals surface area (Å²) in [6.07, 6.45) is 4.77. The minimum absolute atomic E-state index is 0.0363. The van der Waals surface area contributed by atoms with Gasteiger partial charge in [-0.05, 0) is 61.4 Å². The fourth-order valence-corrected chi connectivity index (χ4v) is 10.9. The van der Waals surface area contributed by atoms with Crippen molar-refractivity contribution in [2.45, 2.75) is 32.8 Å². The van der Waals surface area contributed by atoms with Crippen LogP contribution >= 0.6 is 22.7 Å². The second-order valence-electron chi connectivity index (χ2n) is 18.1. The lowest BCUT2D eigenvalue weighted by Crippen LogP contribution is -2.57. The van der Waals surface area contributed by atoms with Gasteiger partial charge in [0.1, 0.15) is 23.3 Å². The van der Waals surface area contributed by atoms with E-state index in [9.17, 15) is 18.7 Å². The number of carbonyl (C=O) groups excluding carboxylic acids is 1. The smallest absolute Gasteiger partial charge is 0.236 e. The van der Waals surface area contributed by atoms with Crippen molar-refractivity contribution in [3.63, 3.8) is 0 Å². The second-order valence-corrected chi connectivity index (χ2v) is 19.7. The maximum atomic E-state index is 15.4. The third kappa shape index (κ3) is 9.95. The number of nitrogens with zero attached hydrogens (tertiary/aromatic N) is 12. The highest BCUT2D eigenvalue weighted by Crippen LogP contribution is 2.37. The molecule has 2 aromatic carbocycles. The number of β-amino-alcohol motifs (C(OH)–C–C–N with tert-alkyl or cyclic N) is 1. The SMILES string of the molecule is CCc1nc2c(F)cc(N3CCN(CC(=O)N4CC(O)C4)CC3)cn2c1N(C)c1nc(-c2ccc(F)cc2)cs1.CCc1nc2c(F)cc(N3CCNCC3)cn2c1N(C)c1nc(-c2ccc(F)cc2)cs1. The van der Waals surface area contributed by atoms with Crippen LogP contribution in [0.15, 0.2) is 83.8 Å². The normalized spacial score (nSPS) is 15.5. The lowest BCUT2D eigenvalue weighted by atomic mass is 10.1. The number of piperazine rings is 2. The number of nitrogens with one attached hydrogen (secondary N) is 1. The van der Waals surface area contributed by atoms with Crippen molar-refractivity contribution in [2.75, 3.05) is 106 Å². The molecule has 3 fully saturated rings. The summed E-state index contributed by atoms with van der Waals surface area (Å²) in [6.45, 7) is 11.3. The zero-order chi connectivity index (χ0) is 50.2. The molecule has 15 nitrogen and oxygen atoms in total. The Morgan fingerprint density at radius 2 is 1.11 bits per heavy atom. The van der Waals surface area contributed by atoms with E-state index in [2.05, 4.69) is 30.0 Å². The topological polar surface area (TPSA) is 129 Å². The summed E-state index contributed by atoms with van der Waals surface area (Å²) in [5.41, 5.74) is 6.94. The van der Waals surface area contributed by atoms with Crippen molar-refractivity contribution in [2.24, 2.45) is 0 Å². The maximum absolute atomic E-state index is 15.4. The van der Waals surface area contributed by atoms with Crippen LogP contribution in [0.5, 0.6) is 0 Å². The van der Waals surface area contributed by atoms with Crippen molar-refractivity contribution in [1.29, 1.82) is 0 Å². The summed E-state index contributed by atoms with van der Waals surface area (Å²) in [6, 6.07) is 15.6. The fourth-order valence-electron chi connectivity index (χ4n) is 9.34. The average Bonchev–Trinajstić information content (AvgIpc) is 4.22. The molecule has 0 bridgehead atoms. The van der Waals surface area contributed by atoms with Gasteiger partial charge in [0.2, 0.25) is 5.91 Å². The van der Waals surface area contributed by atoms with Crippen LogP contribution < -0.4 is 24.9 Å². The molecule has 8 aromatic rings. The second kappa shape index (κ2) is 20.8. The number of carbonyl (C=O) groups is 1. The first kappa shape index (κ1) is 49.0. The molecular weight excluding hydrogens is 967 g/mol. The number of aryl methyl sites for hydroxylation is 2. The number of imidazole rings is 2. The Morgan fingerprint density at radius 3 is 1.54 bits per heavy atom. The number of thiazole rings is 2. The van der Waals surface area contributed by atoms with E-state index >= 15 is 8.78 Å². The summed E-state index contributed by atoms with van der Waals surface area (Å²) in [7, 11) is 3.82. The molecular formula is C51H55F4N13O2S2. The number of benzene rings is 2. The summed E-state index contributed by atoms with van der Waals surface area (Å²) in [4.78, 5) is 43.1. The molecule has 1 amide bonds. The van der Waals surface area contributed by atoms with Crippen molar-refractivity contribution in [3.05, 3.63) is 118 Å². The van der Waals surface area contributed by atoms with E-state index in [1.807, 2.05) is 65.3 Å². The number of anilines is 6. The van der Waals surface area contributed by atoms with Crippen molar-refractivity contribution >= 4 is 73.1 Å². The van der Waals surface area contributed by atoms with Gasteiger partial charge < -0.3 is 34.9 Å². The average molecular weight is 1020 g/mol. The fraction of sp³-hybridized carbons (Fsp3) is 0.353. The first-order chi connectivity index (χ1) is 34.8. The molecule has 0 aliphatic carbocycles. The van der Waals surface area contributed by atoms with E-state index in [4.69, 9.17) is 9.97 Å². The quantitative estimate of drug-likeness (QED) is 0.116. The van der Waals surface area contributed by atoms with Gasteiger partial charge in [-0.1, -0.05) is 13.8 Å². The van der Waals surface area contributed by atoms with Crippen LogP contribution in [0, 0.1) is 23.3 Å². The molecule has 11 rings (SSSR count). The van der Waals surface area contributed by atoms with Crippen LogP contribution in [0.1, 0.15) is 25.2 Å². The number of hydrogen-bond donors (Lipinski definition) is 2. The zero-order valence-electron chi connectivity index (χ0n) is 40.4. The molecule has 9 heterocycles. The molecule has 6 aromatic heterocycles. The van der Waals surface area contributed by atoms with Crippen LogP contribution in [0.2, 0.25) is 0 Å². The number of halogens is 4. The van der Waals surface area contributed by atoms with Crippen LogP contribution in [-0.4, -0.2) is 142 Å². The number of aliphatic hydroxyl groups excluding tert-OH is 1. The van der Waals surface area contributed by atoms with Gasteiger partial charge in [-0.15, -0.1) is 22.7 Å². The first-order valence-corrected chi connectivity index (χ1v) is 25.8. The van der Waals surface area contributed by atoms with Gasteiger partial charge in [0.15, 0.2) is 33.2 Å². The standard InChI is InChI=1S/C28H31F2N7O2S.C23H24F2N6S/c1-3-23-27(33(2)28-32-24(17-40-28)18-4-6-19(29)7-5-18)37-13-20(12-22(30)26(37)31-23)35-10-8-34(9-11-35)16-25(39)36-14-21(38)15-36;1-3-19-22(29(2)23-28-20(14-32-23)15-4-6-16(24)7-5-15)31-13-17(12-18(25)21(31)27-19)30-10-8-26-9-11-30/h4-7,12-13,17,21,38H,3,8-11,14-16H2,1-2H3;4-7,12-14,26H,3,8-11H2,1-2H3. The van der Waals surface area contributed by atoms with Crippen LogP contribution in [-0.2, 0) is 17.6 Å².